The van der Waals surface area contributed by atoms with Crippen molar-refractivity contribution in [2.45, 2.75) is 32.8 Å². The van der Waals surface area contributed by atoms with Crippen molar-refractivity contribution in [3.63, 3.8) is 0 Å². The van der Waals surface area contributed by atoms with Crippen LogP contribution in [0.4, 0.5) is 14.4 Å². The van der Waals surface area contributed by atoms with E-state index in [1.54, 1.807) is 11.8 Å². The highest BCUT2D eigenvalue weighted by Gasteiger charge is 2.28. The van der Waals surface area contributed by atoms with Gasteiger partial charge in [0.15, 0.2) is 0 Å². The molecule has 47 heavy (non-hydrogen) atoms. The first-order chi connectivity index (χ1) is 22.8. The molecule has 0 radical (unpaired) electrons. The number of nitrogens with zero attached hydrogens (tertiary/aromatic N) is 4. The minimum Gasteiger partial charge on any atom is -0.480 e. The predicted octanol–water partition coefficient (Wildman–Crippen LogP) is 4.69. The second kappa shape index (κ2) is 18.1. The normalized spacial score (nSPS) is 15.5. The molecule has 250 valence electrons. The van der Waals surface area contributed by atoms with Crippen LogP contribution in [0.15, 0.2) is 91.0 Å². The molecule has 4 rings (SSSR count). The molecule has 0 bridgehead atoms. The summed E-state index contributed by atoms with van der Waals surface area (Å²) in [6.45, 7) is 2.79. The standard InChI is InChI=1S/C35H42N4O8/c1-28(32(40)41)36-17-19-37(33(42)45-25-29-11-5-2-6-12-29)21-23-39(35(44)47-27-31-15-9-4-10-16-31)24-22-38(20-18-36)34(43)46-26-30-13-7-3-8-14-30/h2-16,28H,17-27H2,1H3,(H,40,41). The van der Waals surface area contributed by atoms with Crippen LogP contribution in [0.2, 0.25) is 0 Å². The van der Waals surface area contributed by atoms with E-state index in [1.807, 2.05) is 91.0 Å². The van der Waals surface area contributed by atoms with Crippen molar-refractivity contribution in [1.29, 1.82) is 0 Å². The Bertz CT molecular complexity index is 1360. The van der Waals surface area contributed by atoms with E-state index in [0.29, 0.717) is 0 Å². The van der Waals surface area contributed by atoms with Gasteiger partial charge in [0, 0.05) is 52.4 Å². The Morgan fingerprint density at radius 1 is 0.532 bits per heavy atom. The molecule has 3 aromatic rings. The quantitative estimate of drug-likeness (QED) is 0.347. The fourth-order valence-electron chi connectivity index (χ4n) is 4.95. The van der Waals surface area contributed by atoms with Gasteiger partial charge in [-0.15, -0.1) is 0 Å². The summed E-state index contributed by atoms with van der Waals surface area (Å²) in [5.74, 6) is -1.03. The lowest BCUT2D eigenvalue weighted by Gasteiger charge is -2.34. The summed E-state index contributed by atoms with van der Waals surface area (Å²) in [4.78, 5) is 58.0. The van der Waals surface area contributed by atoms with Crippen molar-refractivity contribution in [1.82, 2.24) is 19.6 Å². The smallest absolute Gasteiger partial charge is 0.410 e. The maximum atomic E-state index is 13.3. The number of carbonyl (C=O) groups excluding carboxylic acids is 3. The van der Waals surface area contributed by atoms with Gasteiger partial charge in [0.05, 0.1) is 0 Å². The minimum atomic E-state index is -1.03. The SMILES string of the molecule is CC(C(=O)O)N1CCN(C(=O)OCc2ccccc2)CCN(C(=O)OCc2ccccc2)CCN(C(=O)OCc2ccccc2)CC1. The Labute approximate surface area is 275 Å². The van der Waals surface area contributed by atoms with Gasteiger partial charge in [0.25, 0.3) is 0 Å². The molecular weight excluding hydrogens is 604 g/mol. The van der Waals surface area contributed by atoms with Gasteiger partial charge in [-0.1, -0.05) is 91.0 Å². The van der Waals surface area contributed by atoms with Crippen molar-refractivity contribution in [2.24, 2.45) is 0 Å². The van der Waals surface area contributed by atoms with Crippen molar-refractivity contribution < 1.29 is 38.5 Å². The van der Waals surface area contributed by atoms with Crippen molar-refractivity contribution >= 4 is 24.2 Å². The predicted molar refractivity (Wildman–Crippen MR) is 173 cm³/mol. The second-order valence-corrected chi connectivity index (χ2v) is 11.1. The fourth-order valence-corrected chi connectivity index (χ4v) is 4.95. The minimum absolute atomic E-state index is 0.0594. The van der Waals surface area contributed by atoms with Gasteiger partial charge in [0.1, 0.15) is 25.9 Å². The van der Waals surface area contributed by atoms with Crippen LogP contribution in [0, 0.1) is 0 Å². The van der Waals surface area contributed by atoms with E-state index in [9.17, 15) is 24.3 Å². The number of benzene rings is 3. The van der Waals surface area contributed by atoms with E-state index in [2.05, 4.69) is 0 Å². The highest BCUT2D eigenvalue weighted by molar-refractivity contribution is 5.73. The topological polar surface area (TPSA) is 129 Å². The number of carbonyl (C=O) groups is 4. The number of ether oxygens (including phenoxy) is 3. The molecule has 1 saturated heterocycles. The summed E-state index contributed by atoms with van der Waals surface area (Å²) in [6.07, 6.45) is -1.77. The molecule has 3 amide bonds. The molecule has 1 unspecified atom stereocenters. The number of rotatable bonds is 8. The molecule has 3 aromatic carbocycles. The zero-order valence-electron chi connectivity index (χ0n) is 26.6. The molecule has 1 N–H and O–H groups in total. The Morgan fingerprint density at radius 2 is 0.809 bits per heavy atom. The van der Waals surface area contributed by atoms with Crippen LogP contribution < -0.4 is 0 Å². The molecule has 12 nitrogen and oxygen atoms in total. The lowest BCUT2D eigenvalue weighted by molar-refractivity contribution is -0.142. The van der Waals surface area contributed by atoms with E-state index in [0.717, 1.165) is 16.7 Å². The maximum absolute atomic E-state index is 13.3. The Morgan fingerprint density at radius 3 is 1.09 bits per heavy atom. The summed E-state index contributed by atoms with van der Waals surface area (Å²) in [7, 11) is 0. The highest BCUT2D eigenvalue weighted by atomic mass is 16.6. The van der Waals surface area contributed by atoms with Crippen LogP contribution in [0.5, 0.6) is 0 Å². The lowest BCUT2D eigenvalue weighted by atomic mass is 10.2. The van der Waals surface area contributed by atoms with Crippen molar-refractivity contribution in [2.75, 3.05) is 52.4 Å². The first-order valence-electron chi connectivity index (χ1n) is 15.6. The molecule has 1 aliphatic rings. The highest BCUT2D eigenvalue weighted by Crippen LogP contribution is 2.11. The first-order valence-corrected chi connectivity index (χ1v) is 15.6. The molecule has 1 atom stereocenters. The van der Waals surface area contributed by atoms with Crippen LogP contribution in [-0.4, -0.2) is 107 Å². The lowest BCUT2D eigenvalue weighted by Crippen LogP contribution is -2.52. The molecule has 0 saturated carbocycles. The van der Waals surface area contributed by atoms with E-state index < -0.39 is 30.3 Å². The summed E-state index contributed by atoms with van der Waals surface area (Å²) < 4.78 is 16.8. The van der Waals surface area contributed by atoms with Gasteiger partial charge in [-0.3, -0.25) is 9.69 Å². The van der Waals surface area contributed by atoms with Crippen LogP contribution in [0.3, 0.4) is 0 Å². The Kier molecular flexibility index (Phi) is 13.4. The van der Waals surface area contributed by atoms with Crippen LogP contribution in [0.1, 0.15) is 23.6 Å². The van der Waals surface area contributed by atoms with Crippen molar-refractivity contribution in [3.05, 3.63) is 108 Å². The first kappa shape index (κ1) is 34.8. The van der Waals surface area contributed by atoms with Gasteiger partial charge in [-0.25, -0.2) is 14.4 Å². The summed E-state index contributed by atoms with van der Waals surface area (Å²) >= 11 is 0. The van der Waals surface area contributed by atoms with Gasteiger partial charge >= 0.3 is 24.2 Å². The zero-order chi connectivity index (χ0) is 33.4. The second-order valence-electron chi connectivity index (χ2n) is 11.1. The number of hydrogen-bond donors (Lipinski definition) is 1. The average Bonchev–Trinajstić information content (AvgIpc) is 3.09. The molecule has 1 heterocycles. The zero-order valence-corrected chi connectivity index (χ0v) is 26.6. The van der Waals surface area contributed by atoms with Crippen LogP contribution in [0.25, 0.3) is 0 Å². The Hall–Kier alpha value is -5.10. The molecule has 0 aromatic heterocycles. The third-order valence-corrected chi connectivity index (χ3v) is 7.89. The van der Waals surface area contributed by atoms with Crippen LogP contribution >= 0.6 is 0 Å². The Balaban J connectivity index is 1.51. The summed E-state index contributed by atoms with van der Waals surface area (Å²) in [5, 5.41) is 9.81. The number of hydrogen-bond acceptors (Lipinski definition) is 8. The maximum Gasteiger partial charge on any atom is 0.410 e. The molecule has 12 heteroatoms. The third kappa shape index (κ3) is 11.3. The average molecular weight is 647 g/mol. The molecule has 0 spiro atoms. The molecule has 0 aliphatic carbocycles. The van der Waals surface area contributed by atoms with E-state index in [-0.39, 0.29) is 72.2 Å². The van der Waals surface area contributed by atoms with Gasteiger partial charge in [-0.05, 0) is 23.6 Å². The van der Waals surface area contributed by atoms with Gasteiger partial charge in [-0.2, -0.15) is 0 Å². The molecule has 1 aliphatic heterocycles. The summed E-state index contributed by atoms with van der Waals surface area (Å²) in [6, 6.07) is 26.9. The number of amides is 3. The van der Waals surface area contributed by atoms with Crippen molar-refractivity contribution in [3.8, 4) is 0 Å². The van der Waals surface area contributed by atoms with Crippen LogP contribution in [-0.2, 0) is 38.8 Å². The monoisotopic (exact) mass is 646 g/mol. The van der Waals surface area contributed by atoms with E-state index >= 15 is 0 Å². The number of aliphatic carboxylic acids is 1. The van der Waals surface area contributed by atoms with Gasteiger partial charge in [0.2, 0.25) is 0 Å². The number of carboxylic acid groups (broad SMARTS) is 1. The number of carboxylic acids is 1. The largest absolute Gasteiger partial charge is 0.480 e. The van der Waals surface area contributed by atoms with E-state index in [1.165, 1.54) is 14.7 Å². The molecule has 1 fully saturated rings. The molecular formula is C35H42N4O8. The third-order valence-electron chi connectivity index (χ3n) is 7.89. The summed E-state index contributed by atoms with van der Waals surface area (Å²) in [5.41, 5.74) is 2.46. The fraction of sp³-hybridized carbons (Fsp3) is 0.371. The van der Waals surface area contributed by atoms with Gasteiger partial charge < -0.3 is 34.0 Å². The van der Waals surface area contributed by atoms with E-state index in [4.69, 9.17) is 14.2 Å².